The van der Waals surface area contributed by atoms with Crippen molar-refractivity contribution in [2.24, 2.45) is 10.9 Å². The van der Waals surface area contributed by atoms with E-state index in [9.17, 15) is 0 Å². The third-order valence-corrected chi connectivity index (χ3v) is 3.48. The van der Waals surface area contributed by atoms with Crippen LogP contribution in [0, 0.1) is 5.92 Å². The molecule has 13 heavy (non-hydrogen) atoms. The van der Waals surface area contributed by atoms with Crippen molar-refractivity contribution in [2.75, 3.05) is 20.1 Å². The summed E-state index contributed by atoms with van der Waals surface area (Å²) < 4.78 is 0. The zero-order valence-corrected chi connectivity index (χ0v) is 8.58. The lowest BCUT2D eigenvalue weighted by Gasteiger charge is -2.43. The fourth-order valence-corrected chi connectivity index (χ4v) is 2.63. The first-order chi connectivity index (χ1) is 6.42. The van der Waals surface area contributed by atoms with Crippen LogP contribution in [0.4, 0.5) is 0 Å². The maximum atomic E-state index is 4.20. The molecule has 2 fully saturated rings. The highest BCUT2D eigenvalue weighted by atomic mass is 15.2. The molecule has 0 amide bonds. The maximum absolute atomic E-state index is 4.20. The van der Waals surface area contributed by atoms with Gasteiger partial charge >= 0.3 is 0 Å². The Balaban J connectivity index is 1.95. The highest BCUT2D eigenvalue weighted by molar-refractivity contribution is 5.61. The van der Waals surface area contributed by atoms with Gasteiger partial charge in [-0.1, -0.05) is 12.8 Å². The van der Waals surface area contributed by atoms with Crippen LogP contribution < -0.4 is 0 Å². The lowest BCUT2D eigenvalue weighted by molar-refractivity contribution is 0.0740. The SMILES string of the molecule is C/N=C/C1CCCC[C@@H]1N1CCC1. The van der Waals surface area contributed by atoms with E-state index in [1.54, 1.807) is 0 Å². The van der Waals surface area contributed by atoms with E-state index < -0.39 is 0 Å². The van der Waals surface area contributed by atoms with E-state index in [1.165, 1.54) is 45.2 Å². The molecular weight excluding hydrogens is 160 g/mol. The van der Waals surface area contributed by atoms with Crippen LogP contribution in [-0.4, -0.2) is 37.3 Å². The van der Waals surface area contributed by atoms with Gasteiger partial charge in [0.05, 0.1) is 0 Å². The molecule has 1 saturated carbocycles. The third kappa shape index (κ3) is 1.93. The average molecular weight is 180 g/mol. The van der Waals surface area contributed by atoms with Gasteiger partial charge in [-0.3, -0.25) is 4.90 Å². The Morgan fingerprint density at radius 1 is 1.15 bits per heavy atom. The van der Waals surface area contributed by atoms with Crippen LogP contribution in [0.25, 0.3) is 0 Å². The van der Waals surface area contributed by atoms with Crippen molar-refractivity contribution in [1.29, 1.82) is 0 Å². The number of nitrogens with zero attached hydrogens (tertiary/aromatic N) is 2. The quantitative estimate of drug-likeness (QED) is 0.593. The van der Waals surface area contributed by atoms with Crippen LogP contribution in [0.2, 0.25) is 0 Å². The van der Waals surface area contributed by atoms with Gasteiger partial charge in [-0.2, -0.15) is 0 Å². The smallest absolute Gasteiger partial charge is 0.0273 e. The summed E-state index contributed by atoms with van der Waals surface area (Å²) in [5, 5.41) is 0. The molecule has 1 unspecified atom stereocenters. The van der Waals surface area contributed by atoms with Crippen LogP contribution in [0.1, 0.15) is 32.1 Å². The number of aliphatic imine (C=N–C) groups is 1. The molecule has 0 aromatic heterocycles. The molecule has 2 nitrogen and oxygen atoms in total. The summed E-state index contributed by atoms with van der Waals surface area (Å²) in [6, 6.07) is 0.825. The average Bonchev–Trinajstić information content (AvgIpc) is 2.05. The Morgan fingerprint density at radius 3 is 2.54 bits per heavy atom. The van der Waals surface area contributed by atoms with E-state index in [1.807, 2.05) is 7.05 Å². The minimum absolute atomic E-state index is 0.749. The van der Waals surface area contributed by atoms with E-state index in [2.05, 4.69) is 16.1 Å². The minimum atomic E-state index is 0.749. The molecular formula is C11H20N2. The lowest BCUT2D eigenvalue weighted by atomic mass is 9.83. The van der Waals surface area contributed by atoms with E-state index in [-0.39, 0.29) is 0 Å². The highest BCUT2D eigenvalue weighted by Crippen LogP contribution is 2.29. The van der Waals surface area contributed by atoms with Crippen molar-refractivity contribution >= 4 is 6.21 Å². The molecule has 0 N–H and O–H groups in total. The Bertz CT molecular complexity index is 185. The number of hydrogen-bond donors (Lipinski definition) is 0. The lowest BCUT2D eigenvalue weighted by Crippen LogP contribution is -2.50. The molecule has 0 bridgehead atoms. The molecule has 0 aromatic rings. The molecule has 0 aromatic carbocycles. The molecule has 2 atom stereocenters. The van der Waals surface area contributed by atoms with Gasteiger partial charge in [0.15, 0.2) is 0 Å². The van der Waals surface area contributed by atoms with Crippen LogP contribution in [-0.2, 0) is 0 Å². The monoisotopic (exact) mass is 180 g/mol. The van der Waals surface area contributed by atoms with Gasteiger partial charge in [0.1, 0.15) is 0 Å². The van der Waals surface area contributed by atoms with Gasteiger partial charge in [0.25, 0.3) is 0 Å². The molecule has 2 rings (SSSR count). The first kappa shape index (κ1) is 9.20. The molecule has 0 radical (unpaired) electrons. The second-order valence-electron chi connectivity index (χ2n) is 4.31. The van der Waals surface area contributed by atoms with Crippen LogP contribution in [0.5, 0.6) is 0 Å². The molecule has 2 aliphatic rings. The Morgan fingerprint density at radius 2 is 1.92 bits per heavy atom. The highest BCUT2D eigenvalue weighted by Gasteiger charge is 2.31. The summed E-state index contributed by atoms with van der Waals surface area (Å²) in [6.45, 7) is 2.66. The van der Waals surface area contributed by atoms with Crippen molar-refractivity contribution in [2.45, 2.75) is 38.1 Å². The molecule has 1 heterocycles. The molecule has 1 aliphatic heterocycles. The summed E-state index contributed by atoms with van der Waals surface area (Å²) in [4.78, 5) is 6.84. The third-order valence-electron chi connectivity index (χ3n) is 3.48. The van der Waals surface area contributed by atoms with Crippen LogP contribution in [0.3, 0.4) is 0 Å². The number of rotatable bonds is 2. The molecule has 74 valence electrons. The minimum Gasteiger partial charge on any atom is -0.301 e. The van der Waals surface area contributed by atoms with E-state index >= 15 is 0 Å². The summed E-state index contributed by atoms with van der Waals surface area (Å²) in [7, 11) is 1.90. The molecule has 1 saturated heterocycles. The van der Waals surface area contributed by atoms with E-state index in [0.717, 1.165) is 12.0 Å². The van der Waals surface area contributed by atoms with Crippen molar-refractivity contribution in [3.63, 3.8) is 0 Å². The van der Waals surface area contributed by atoms with Crippen LogP contribution in [0.15, 0.2) is 4.99 Å². The van der Waals surface area contributed by atoms with E-state index in [0.29, 0.717) is 0 Å². The fourth-order valence-electron chi connectivity index (χ4n) is 2.63. The maximum Gasteiger partial charge on any atom is 0.0273 e. The van der Waals surface area contributed by atoms with Crippen LogP contribution >= 0.6 is 0 Å². The summed E-state index contributed by atoms with van der Waals surface area (Å²) in [6.07, 6.45) is 9.18. The topological polar surface area (TPSA) is 15.6 Å². The second-order valence-corrected chi connectivity index (χ2v) is 4.31. The fraction of sp³-hybridized carbons (Fsp3) is 0.909. The molecule has 0 spiro atoms. The van der Waals surface area contributed by atoms with Gasteiger partial charge in [-0.25, -0.2) is 0 Å². The van der Waals surface area contributed by atoms with Crippen molar-refractivity contribution in [3.8, 4) is 0 Å². The van der Waals surface area contributed by atoms with Gasteiger partial charge in [-0.05, 0) is 32.4 Å². The Kier molecular flexibility index (Phi) is 2.99. The van der Waals surface area contributed by atoms with Gasteiger partial charge in [0, 0.05) is 25.2 Å². The second kappa shape index (κ2) is 4.23. The zero-order valence-electron chi connectivity index (χ0n) is 8.58. The van der Waals surface area contributed by atoms with Gasteiger partial charge in [0.2, 0.25) is 0 Å². The predicted molar refractivity (Wildman–Crippen MR) is 56.4 cm³/mol. The predicted octanol–water partition coefficient (Wildman–Crippen LogP) is 1.95. The Hall–Kier alpha value is -0.370. The Labute approximate surface area is 81.0 Å². The standard InChI is InChI=1S/C11H20N2/c1-12-9-10-5-2-3-6-11(10)13-7-4-8-13/h9-11H,2-8H2,1H3/b12-9+/t10?,11-/m0/s1. The normalized spacial score (nSPS) is 36.4. The van der Waals surface area contributed by atoms with Crippen molar-refractivity contribution < 1.29 is 0 Å². The van der Waals surface area contributed by atoms with Gasteiger partial charge < -0.3 is 4.99 Å². The largest absolute Gasteiger partial charge is 0.301 e. The zero-order chi connectivity index (χ0) is 9.10. The summed E-state index contributed by atoms with van der Waals surface area (Å²) >= 11 is 0. The summed E-state index contributed by atoms with van der Waals surface area (Å²) in [5.74, 6) is 0.749. The molecule has 1 aliphatic carbocycles. The van der Waals surface area contributed by atoms with Crippen molar-refractivity contribution in [3.05, 3.63) is 0 Å². The molecule has 2 heteroatoms. The van der Waals surface area contributed by atoms with Gasteiger partial charge in [-0.15, -0.1) is 0 Å². The number of likely N-dealkylation sites (tertiary alicyclic amines) is 1. The first-order valence-electron chi connectivity index (χ1n) is 5.58. The number of hydrogen-bond acceptors (Lipinski definition) is 2. The summed E-state index contributed by atoms with van der Waals surface area (Å²) in [5.41, 5.74) is 0. The van der Waals surface area contributed by atoms with Crippen molar-refractivity contribution in [1.82, 2.24) is 4.90 Å². The van der Waals surface area contributed by atoms with E-state index in [4.69, 9.17) is 0 Å². The first-order valence-corrected chi connectivity index (χ1v) is 5.58.